The molecule has 5 heteroatoms. The van der Waals surface area contributed by atoms with Gasteiger partial charge in [-0.05, 0) is 33.1 Å². The molecule has 0 bridgehead atoms. The summed E-state index contributed by atoms with van der Waals surface area (Å²) in [4.78, 5) is 25.9. The van der Waals surface area contributed by atoms with Crippen LogP contribution < -0.4 is 5.32 Å². The summed E-state index contributed by atoms with van der Waals surface area (Å²) in [5.41, 5.74) is -0.552. The Hall–Kier alpha value is -1.26. The van der Waals surface area contributed by atoms with Gasteiger partial charge in [0.25, 0.3) is 0 Å². The van der Waals surface area contributed by atoms with E-state index in [0.717, 1.165) is 25.9 Å². The lowest BCUT2D eigenvalue weighted by Crippen LogP contribution is -2.55. The molecule has 1 fully saturated rings. The highest BCUT2D eigenvalue weighted by atomic mass is 16.6. The lowest BCUT2D eigenvalue weighted by molar-refractivity contribution is -0.138. The molecule has 1 heterocycles. The fourth-order valence-corrected chi connectivity index (χ4v) is 1.85. The van der Waals surface area contributed by atoms with Crippen LogP contribution in [0.15, 0.2) is 0 Å². The molecule has 19 heavy (non-hydrogen) atoms. The molecule has 5 nitrogen and oxygen atoms in total. The van der Waals surface area contributed by atoms with Gasteiger partial charge in [-0.3, -0.25) is 4.79 Å². The van der Waals surface area contributed by atoms with Crippen LogP contribution in [0.5, 0.6) is 0 Å². The fourth-order valence-electron chi connectivity index (χ4n) is 1.85. The highest BCUT2D eigenvalue weighted by Crippen LogP contribution is 2.16. The van der Waals surface area contributed by atoms with Gasteiger partial charge in [-0.2, -0.15) is 0 Å². The maximum Gasteiger partial charge on any atom is 0.408 e. The van der Waals surface area contributed by atoms with Crippen molar-refractivity contribution >= 4 is 12.0 Å². The van der Waals surface area contributed by atoms with Crippen LogP contribution in [-0.4, -0.2) is 41.6 Å². The standard InChI is InChI=1S/C14H26N2O3/c1-6-10(2)11(12(17)16-8-7-9-16)15-13(18)19-14(3,4)5/h10-11H,6-9H2,1-5H3,(H,15,18). The van der Waals surface area contributed by atoms with Crippen molar-refractivity contribution in [3.05, 3.63) is 0 Å². The second-order valence-corrected chi connectivity index (χ2v) is 6.19. The lowest BCUT2D eigenvalue weighted by atomic mass is 9.97. The molecule has 0 aromatic rings. The van der Waals surface area contributed by atoms with Crippen molar-refractivity contribution in [3.8, 4) is 0 Å². The number of likely N-dealkylation sites (tertiary alicyclic amines) is 1. The monoisotopic (exact) mass is 270 g/mol. The molecule has 0 radical (unpaired) electrons. The van der Waals surface area contributed by atoms with Crippen molar-refractivity contribution < 1.29 is 14.3 Å². The molecule has 2 unspecified atom stereocenters. The van der Waals surface area contributed by atoms with Crippen LogP contribution in [-0.2, 0) is 9.53 Å². The first-order chi connectivity index (χ1) is 8.74. The first-order valence-corrected chi connectivity index (χ1v) is 7.03. The first-order valence-electron chi connectivity index (χ1n) is 7.03. The van der Waals surface area contributed by atoms with E-state index in [0.29, 0.717) is 0 Å². The Labute approximate surface area is 115 Å². The normalized spacial score (nSPS) is 18.3. The fraction of sp³-hybridized carbons (Fsp3) is 0.857. The highest BCUT2D eigenvalue weighted by molar-refractivity contribution is 5.86. The van der Waals surface area contributed by atoms with Gasteiger partial charge in [0.1, 0.15) is 11.6 Å². The Morgan fingerprint density at radius 2 is 1.89 bits per heavy atom. The minimum absolute atomic E-state index is 0.00598. The zero-order valence-corrected chi connectivity index (χ0v) is 12.7. The number of nitrogens with one attached hydrogen (secondary N) is 1. The van der Waals surface area contributed by atoms with Crippen molar-refractivity contribution in [1.82, 2.24) is 10.2 Å². The van der Waals surface area contributed by atoms with E-state index in [-0.39, 0.29) is 11.8 Å². The van der Waals surface area contributed by atoms with E-state index >= 15 is 0 Å². The van der Waals surface area contributed by atoms with Gasteiger partial charge < -0.3 is 15.0 Å². The average Bonchev–Trinajstić information content (AvgIpc) is 2.19. The second kappa shape index (κ2) is 6.26. The van der Waals surface area contributed by atoms with Crippen LogP contribution in [0, 0.1) is 5.92 Å². The van der Waals surface area contributed by atoms with Gasteiger partial charge in [-0.25, -0.2) is 4.79 Å². The molecule has 1 aliphatic heterocycles. The molecular weight excluding hydrogens is 244 g/mol. The number of nitrogens with zero attached hydrogens (tertiary/aromatic N) is 1. The van der Waals surface area contributed by atoms with Crippen molar-refractivity contribution in [3.63, 3.8) is 0 Å². The summed E-state index contributed by atoms with van der Waals surface area (Å²) in [6.07, 6.45) is 1.36. The summed E-state index contributed by atoms with van der Waals surface area (Å²) in [6, 6.07) is -0.486. The number of hydrogen-bond acceptors (Lipinski definition) is 3. The van der Waals surface area contributed by atoms with E-state index < -0.39 is 17.7 Å². The Balaban J connectivity index is 2.64. The second-order valence-electron chi connectivity index (χ2n) is 6.19. The average molecular weight is 270 g/mol. The smallest absolute Gasteiger partial charge is 0.408 e. The van der Waals surface area contributed by atoms with Crippen LogP contribution in [0.4, 0.5) is 4.79 Å². The summed E-state index contributed by atoms with van der Waals surface area (Å²) < 4.78 is 5.22. The van der Waals surface area contributed by atoms with Gasteiger partial charge >= 0.3 is 6.09 Å². The third-order valence-corrected chi connectivity index (χ3v) is 3.32. The van der Waals surface area contributed by atoms with Crippen LogP contribution in [0.1, 0.15) is 47.5 Å². The number of carbonyl (C=O) groups is 2. The molecule has 2 amide bonds. The zero-order valence-electron chi connectivity index (χ0n) is 12.7. The van der Waals surface area contributed by atoms with Crippen LogP contribution >= 0.6 is 0 Å². The SMILES string of the molecule is CCC(C)C(NC(=O)OC(C)(C)C)C(=O)N1CCC1. The molecular formula is C14H26N2O3. The minimum atomic E-state index is -0.552. The number of rotatable bonds is 4. The number of ether oxygens (including phenoxy) is 1. The quantitative estimate of drug-likeness (QED) is 0.851. The summed E-state index contributed by atoms with van der Waals surface area (Å²) in [7, 11) is 0. The summed E-state index contributed by atoms with van der Waals surface area (Å²) in [5, 5.41) is 2.72. The van der Waals surface area contributed by atoms with E-state index in [4.69, 9.17) is 4.74 Å². The largest absolute Gasteiger partial charge is 0.444 e. The Morgan fingerprint density at radius 1 is 1.32 bits per heavy atom. The van der Waals surface area contributed by atoms with E-state index in [9.17, 15) is 9.59 Å². The van der Waals surface area contributed by atoms with E-state index in [1.165, 1.54) is 0 Å². The van der Waals surface area contributed by atoms with Gasteiger partial charge in [0.05, 0.1) is 0 Å². The first kappa shape index (κ1) is 15.8. The predicted molar refractivity (Wildman–Crippen MR) is 73.8 cm³/mol. The van der Waals surface area contributed by atoms with Crippen molar-refractivity contribution in [1.29, 1.82) is 0 Å². The molecule has 1 saturated heterocycles. The maximum atomic E-state index is 12.3. The molecule has 1 aliphatic rings. The van der Waals surface area contributed by atoms with Gasteiger partial charge in [0, 0.05) is 13.1 Å². The van der Waals surface area contributed by atoms with E-state index in [1.54, 1.807) is 4.90 Å². The number of alkyl carbamates (subject to hydrolysis) is 1. The maximum absolute atomic E-state index is 12.3. The summed E-state index contributed by atoms with van der Waals surface area (Å²) in [5.74, 6) is 0.104. The van der Waals surface area contributed by atoms with E-state index in [2.05, 4.69) is 5.32 Å². The van der Waals surface area contributed by atoms with Crippen molar-refractivity contribution in [2.24, 2.45) is 5.92 Å². The molecule has 0 aliphatic carbocycles. The molecule has 110 valence electrons. The third-order valence-electron chi connectivity index (χ3n) is 3.32. The minimum Gasteiger partial charge on any atom is -0.444 e. The molecule has 2 atom stereocenters. The van der Waals surface area contributed by atoms with Gasteiger partial charge in [0.2, 0.25) is 5.91 Å². The van der Waals surface area contributed by atoms with Crippen LogP contribution in [0.25, 0.3) is 0 Å². The number of carbonyl (C=O) groups excluding carboxylic acids is 2. The number of hydrogen-bond donors (Lipinski definition) is 1. The van der Waals surface area contributed by atoms with Gasteiger partial charge in [0.15, 0.2) is 0 Å². The molecule has 0 spiro atoms. The number of amides is 2. The molecule has 0 aromatic carbocycles. The lowest BCUT2D eigenvalue weighted by Gasteiger charge is -2.36. The molecule has 0 saturated carbocycles. The Bertz CT molecular complexity index is 332. The van der Waals surface area contributed by atoms with E-state index in [1.807, 2.05) is 34.6 Å². The summed E-state index contributed by atoms with van der Waals surface area (Å²) in [6.45, 7) is 11.0. The van der Waals surface area contributed by atoms with Crippen LogP contribution in [0.3, 0.4) is 0 Å². The van der Waals surface area contributed by atoms with Crippen molar-refractivity contribution in [2.75, 3.05) is 13.1 Å². The van der Waals surface area contributed by atoms with Gasteiger partial charge in [-0.1, -0.05) is 20.3 Å². The highest BCUT2D eigenvalue weighted by Gasteiger charge is 2.33. The Morgan fingerprint density at radius 3 is 2.26 bits per heavy atom. The predicted octanol–water partition coefficient (Wildman–Crippen LogP) is 2.16. The van der Waals surface area contributed by atoms with Gasteiger partial charge in [-0.15, -0.1) is 0 Å². The molecule has 0 aromatic heterocycles. The Kier molecular flexibility index (Phi) is 5.20. The molecule has 1 N–H and O–H groups in total. The zero-order chi connectivity index (χ0) is 14.6. The third kappa shape index (κ3) is 4.73. The van der Waals surface area contributed by atoms with Crippen molar-refractivity contribution in [2.45, 2.75) is 59.1 Å². The summed E-state index contributed by atoms with van der Waals surface area (Å²) >= 11 is 0. The topological polar surface area (TPSA) is 58.6 Å². The van der Waals surface area contributed by atoms with Crippen LogP contribution in [0.2, 0.25) is 0 Å². The molecule has 1 rings (SSSR count).